The third kappa shape index (κ3) is 2.53. The van der Waals surface area contributed by atoms with Gasteiger partial charge in [-0.05, 0) is 49.5 Å². The highest BCUT2D eigenvalue weighted by Crippen LogP contribution is 2.34. The molecule has 0 atom stereocenters. The van der Waals surface area contributed by atoms with Gasteiger partial charge in [0, 0.05) is 0 Å². The third-order valence-corrected chi connectivity index (χ3v) is 3.50. The van der Waals surface area contributed by atoms with Crippen molar-refractivity contribution in [1.29, 1.82) is 0 Å². The second kappa shape index (κ2) is 5.21. The van der Waals surface area contributed by atoms with Crippen LogP contribution in [0.3, 0.4) is 0 Å². The molecule has 1 aromatic carbocycles. The van der Waals surface area contributed by atoms with Crippen LogP contribution in [0.25, 0.3) is 6.08 Å². The van der Waals surface area contributed by atoms with Crippen molar-refractivity contribution in [3.63, 3.8) is 0 Å². The van der Waals surface area contributed by atoms with Gasteiger partial charge in [0.25, 0.3) is 0 Å². The van der Waals surface area contributed by atoms with Gasteiger partial charge in [-0.1, -0.05) is 31.4 Å². The SMILES string of the molecule is C=Cc1ccc(C(=O)OC2(C=C)CCCC2)cc1. The van der Waals surface area contributed by atoms with Crippen molar-refractivity contribution in [3.05, 3.63) is 54.6 Å². The van der Waals surface area contributed by atoms with Crippen molar-refractivity contribution >= 4 is 12.0 Å². The Morgan fingerprint density at radius 1 is 1.17 bits per heavy atom. The van der Waals surface area contributed by atoms with Crippen LogP contribution < -0.4 is 0 Å². The summed E-state index contributed by atoms with van der Waals surface area (Å²) in [6.45, 7) is 7.48. The summed E-state index contributed by atoms with van der Waals surface area (Å²) < 4.78 is 5.62. The lowest BCUT2D eigenvalue weighted by molar-refractivity contribution is 0.00670. The molecule has 1 aliphatic carbocycles. The van der Waals surface area contributed by atoms with E-state index in [2.05, 4.69) is 13.2 Å². The van der Waals surface area contributed by atoms with E-state index in [-0.39, 0.29) is 5.97 Å². The molecule has 1 aliphatic rings. The van der Waals surface area contributed by atoms with Crippen LogP contribution in [0.15, 0.2) is 43.5 Å². The first kappa shape index (κ1) is 12.6. The monoisotopic (exact) mass is 242 g/mol. The average molecular weight is 242 g/mol. The number of carbonyl (C=O) groups excluding carboxylic acids is 1. The maximum absolute atomic E-state index is 12.1. The Labute approximate surface area is 108 Å². The molecule has 2 rings (SSSR count). The van der Waals surface area contributed by atoms with E-state index < -0.39 is 5.60 Å². The zero-order chi connectivity index (χ0) is 13.0. The van der Waals surface area contributed by atoms with Crippen LogP contribution in [-0.2, 0) is 4.74 Å². The van der Waals surface area contributed by atoms with Crippen LogP contribution in [0, 0.1) is 0 Å². The molecule has 0 aliphatic heterocycles. The summed E-state index contributed by atoms with van der Waals surface area (Å²) in [5.41, 5.74) is 1.12. The predicted octanol–water partition coefficient (Wildman–Crippen LogP) is 3.99. The first-order valence-electron chi connectivity index (χ1n) is 6.28. The van der Waals surface area contributed by atoms with Crippen LogP contribution in [0.4, 0.5) is 0 Å². The Hall–Kier alpha value is -1.83. The van der Waals surface area contributed by atoms with Crippen molar-refractivity contribution in [2.75, 3.05) is 0 Å². The summed E-state index contributed by atoms with van der Waals surface area (Å²) in [6, 6.07) is 7.26. The molecular weight excluding hydrogens is 224 g/mol. The quantitative estimate of drug-likeness (QED) is 0.589. The van der Waals surface area contributed by atoms with Crippen molar-refractivity contribution in [1.82, 2.24) is 0 Å². The summed E-state index contributed by atoms with van der Waals surface area (Å²) in [7, 11) is 0. The summed E-state index contributed by atoms with van der Waals surface area (Å²) in [6.07, 6.45) is 7.47. The largest absolute Gasteiger partial charge is 0.451 e. The van der Waals surface area contributed by atoms with E-state index in [0.29, 0.717) is 5.56 Å². The lowest BCUT2D eigenvalue weighted by atomic mass is 10.0. The second-order valence-corrected chi connectivity index (χ2v) is 4.69. The molecule has 0 spiro atoms. The maximum atomic E-state index is 12.1. The highest BCUT2D eigenvalue weighted by molar-refractivity contribution is 5.90. The summed E-state index contributed by atoms with van der Waals surface area (Å²) in [5.74, 6) is -0.271. The number of ether oxygens (including phenoxy) is 1. The molecule has 94 valence electrons. The molecule has 0 heterocycles. The first-order valence-corrected chi connectivity index (χ1v) is 6.28. The molecule has 0 amide bonds. The van der Waals surface area contributed by atoms with E-state index in [0.717, 1.165) is 31.2 Å². The second-order valence-electron chi connectivity index (χ2n) is 4.69. The van der Waals surface area contributed by atoms with Crippen molar-refractivity contribution in [3.8, 4) is 0 Å². The topological polar surface area (TPSA) is 26.3 Å². The Balaban J connectivity index is 2.10. The van der Waals surface area contributed by atoms with Gasteiger partial charge < -0.3 is 4.74 Å². The molecule has 1 aromatic rings. The summed E-state index contributed by atoms with van der Waals surface area (Å²) in [5, 5.41) is 0. The number of carbonyl (C=O) groups is 1. The molecule has 18 heavy (non-hydrogen) atoms. The van der Waals surface area contributed by atoms with Gasteiger partial charge in [-0.25, -0.2) is 4.79 Å². The number of rotatable bonds is 4. The van der Waals surface area contributed by atoms with Crippen molar-refractivity contribution in [2.24, 2.45) is 0 Å². The van der Waals surface area contributed by atoms with E-state index in [4.69, 9.17) is 4.74 Å². The normalized spacial score (nSPS) is 17.1. The fourth-order valence-electron chi connectivity index (χ4n) is 2.32. The molecular formula is C16H18O2. The zero-order valence-corrected chi connectivity index (χ0v) is 10.5. The van der Waals surface area contributed by atoms with Gasteiger partial charge in [-0.3, -0.25) is 0 Å². The average Bonchev–Trinajstić information content (AvgIpc) is 2.88. The standard InChI is InChI=1S/C16H18O2/c1-3-13-7-9-14(10-8-13)15(17)18-16(4-2)11-5-6-12-16/h3-4,7-10H,1-2,5-6,11-12H2. The molecule has 0 radical (unpaired) electrons. The van der Waals surface area contributed by atoms with Crippen molar-refractivity contribution < 1.29 is 9.53 Å². The van der Waals surface area contributed by atoms with Crippen molar-refractivity contribution in [2.45, 2.75) is 31.3 Å². The lowest BCUT2D eigenvalue weighted by Crippen LogP contribution is -2.29. The van der Waals surface area contributed by atoms with Gasteiger partial charge in [0.15, 0.2) is 0 Å². The summed E-state index contributed by atoms with van der Waals surface area (Å²) in [4.78, 5) is 12.1. The smallest absolute Gasteiger partial charge is 0.338 e. The van der Waals surface area contributed by atoms with Crippen LogP contribution in [-0.4, -0.2) is 11.6 Å². The highest BCUT2D eigenvalue weighted by Gasteiger charge is 2.34. The number of hydrogen-bond donors (Lipinski definition) is 0. The minimum atomic E-state index is -0.450. The third-order valence-electron chi connectivity index (χ3n) is 3.50. The van der Waals surface area contributed by atoms with Crippen LogP contribution >= 0.6 is 0 Å². The van der Waals surface area contributed by atoms with Crippen LogP contribution in [0.5, 0.6) is 0 Å². The van der Waals surface area contributed by atoms with Crippen LogP contribution in [0.2, 0.25) is 0 Å². The van der Waals surface area contributed by atoms with E-state index in [9.17, 15) is 4.79 Å². The molecule has 0 saturated heterocycles. The lowest BCUT2D eigenvalue weighted by Gasteiger charge is -2.25. The molecule has 2 nitrogen and oxygen atoms in total. The number of benzene rings is 1. The maximum Gasteiger partial charge on any atom is 0.338 e. The molecule has 0 aromatic heterocycles. The van der Waals surface area contributed by atoms with Gasteiger partial charge in [0.05, 0.1) is 5.56 Å². The minimum absolute atomic E-state index is 0.271. The number of hydrogen-bond acceptors (Lipinski definition) is 2. The van der Waals surface area contributed by atoms with Gasteiger partial charge in [0.1, 0.15) is 5.60 Å². The van der Waals surface area contributed by atoms with Gasteiger partial charge >= 0.3 is 5.97 Å². The predicted molar refractivity (Wildman–Crippen MR) is 73.3 cm³/mol. The zero-order valence-electron chi connectivity index (χ0n) is 10.5. The van der Waals surface area contributed by atoms with Gasteiger partial charge in [-0.15, -0.1) is 0 Å². The van der Waals surface area contributed by atoms with E-state index in [1.165, 1.54) is 0 Å². The highest BCUT2D eigenvalue weighted by atomic mass is 16.6. The Morgan fingerprint density at radius 2 is 1.78 bits per heavy atom. The molecule has 0 N–H and O–H groups in total. The Kier molecular flexibility index (Phi) is 3.66. The van der Waals surface area contributed by atoms with E-state index >= 15 is 0 Å². The minimum Gasteiger partial charge on any atom is -0.451 e. The van der Waals surface area contributed by atoms with Crippen LogP contribution in [0.1, 0.15) is 41.6 Å². The van der Waals surface area contributed by atoms with Gasteiger partial charge in [-0.2, -0.15) is 0 Å². The van der Waals surface area contributed by atoms with E-state index in [1.807, 2.05) is 12.1 Å². The molecule has 2 heteroatoms. The Bertz CT molecular complexity index is 450. The first-order chi connectivity index (χ1) is 8.69. The molecule has 1 saturated carbocycles. The summed E-state index contributed by atoms with van der Waals surface area (Å²) >= 11 is 0. The van der Waals surface area contributed by atoms with E-state index in [1.54, 1.807) is 24.3 Å². The Morgan fingerprint density at radius 3 is 2.28 bits per heavy atom. The number of esters is 1. The molecule has 0 bridgehead atoms. The molecule has 0 unspecified atom stereocenters. The fourth-order valence-corrected chi connectivity index (χ4v) is 2.32. The molecule has 1 fully saturated rings. The fraction of sp³-hybridized carbons (Fsp3) is 0.312. The van der Waals surface area contributed by atoms with Gasteiger partial charge in [0.2, 0.25) is 0 Å².